The molecule has 1 fully saturated rings. The van der Waals surface area contributed by atoms with Crippen LogP contribution in [-0.4, -0.2) is 31.2 Å². The van der Waals surface area contributed by atoms with E-state index in [9.17, 15) is 0 Å². The third-order valence-corrected chi connectivity index (χ3v) is 4.45. The zero-order valence-electron chi connectivity index (χ0n) is 12.2. The van der Waals surface area contributed by atoms with Crippen LogP contribution in [0, 0.1) is 0 Å². The third kappa shape index (κ3) is 4.27. The Morgan fingerprint density at radius 2 is 1.48 bits per heavy atom. The first-order chi connectivity index (χ1) is 10.3. The first-order valence-electron chi connectivity index (χ1n) is 7.60. The van der Waals surface area contributed by atoms with Crippen molar-refractivity contribution in [2.24, 2.45) is 0 Å². The van der Waals surface area contributed by atoms with Crippen LogP contribution >= 0.6 is 11.6 Å². The van der Waals surface area contributed by atoms with E-state index in [2.05, 4.69) is 29.2 Å². The van der Waals surface area contributed by atoms with Crippen molar-refractivity contribution in [3.05, 3.63) is 64.9 Å². The highest BCUT2D eigenvalue weighted by atomic mass is 35.5. The van der Waals surface area contributed by atoms with Gasteiger partial charge in [0.15, 0.2) is 0 Å². The van der Waals surface area contributed by atoms with Gasteiger partial charge in [-0.3, -0.25) is 4.98 Å². The second-order valence-corrected chi connectivity index (χ2v) is 6.28. The highest BCUT2D eigenvalue weighted by Gasteiger charge is 2.23. The van der Waals surface area contributed by atoms with Crippen molar-refractivity contribution >= 4 is 11.6 Å². The molecule has 4 heteroatoms. The number of benzene rings is 1. The number of halogens is 1. The van der Waals surface area contributed by atoms with Gasteiger partial charge in [0.25, 0.3) is 0 Å². The zero-order chi connectivity index (χ0) is 14.5. The lowest BCUT2D eigenvalue weighted by Gasteiger charge is -2.29. The standard InChI is InChI=1S/C17H20ClN3/c18-17-3-1-2-16(12-17)14-21-10-8-20(9-11-21)13-15-4-6-19-7-5-15/h1-7,12H,8-11,13-14H2/p+2. The number of aromatic nitrogens is 1. The Balaban J connectivity index is 1.49. The molecule has 3 rings (SSSR count). The molecule has 2 N–H and O–H groups in total. The number of hydrogen-bond donors (Lipinski definition) is 2. The van der Waals surface area contributed by atoms with Gasteiger partial charge in [0.05, 0.1) is 0 Å². The summed E-state index contributed by atoms with van der Waals surface area (Å²) in [6.45, 7) is 7.13. The van der Waals surface area contributed by atoms with Crippen LogP contribution in [0.4, 0.5) is 0 Å². The number of nitrogens with one attached hydrogen (secondary N) is 2. The molecule has 2 heterocycles. The summed E-state index contributed by atoms with van der Waals surface area (Å²) >= 11 is 6.06. The van der Waals surface area contributed by atoms with E-state index in [4.69, 9.17) is 11.6 Å². The minimum atomic E-state index is 0.842. The van der Waals surface area contributed by atoms with E-state index in [1.807, 2.05) is 24.5 Å². The highest BCUT2D eigenvalue weighted by Crippen LogP contribution is 2.09. The molecule has 0 saturated carbocycles. The van der Waals surface area contributed by atoms with Crippen LogP contribution in [0.1, 0.15) is 11.1 Å². The molecule has 110 valence electrons. The molecule has 1 aromatic heterocycles. The van der Waals surface area contributed by atoms with Crippen LogP contribution in [0.25, 0.3) is 0 Å². The van der Waals surface area contributed by atoms with Crippen LogP contribution in [0.3, 0.4) is 0 Å². The van der Waals surface area contributed by atoms with Gasteiger partial charge in [-0.25, -0.2) is 0 Å². The van der Waals surface area contributed by atoms with E-state index in [1.54, 1.807) is 9.80 Å². The normalized spacial score (nSPS) is 22.1. The Bertz CT molecular complexity index is 565. The van der Waals surface area contributed by atoms with Gasteiger partial charge in [-0.15, -0.1) is 0 Å². The Hall–Kier alpha value is -1.42. The predicted octanol–water partition coefficient (Wildman–Crippen LogP) is 0.219. The van der Waals surface area contributed by atoms with Crippen molar-refractivity contribution in [1.29, 1.82) is 0 Å². The number of quaternary nitrogens is 2. The van der Waals surface area contributed by atoms with E-state index in [0.717, 1.165) is 18.1 Å². The molecule has 2 aromatic rings. The molecule has 0 unspecified atom stereocenters. The Labute approximate surface area is 131 Å². The van der Waals surface area contributed by atoms with Gasteiger partial charge in [0, 0.05) is 28.5 Å². The Morgan fingerprint density at radius 1 is 0.857 bits per heavy atom. The average molecular weight is 304 g/mol. The monoisotopic (exact) mass is 303 g/mol. The van der Waals surface area contributed by atoms with Crippen molar-refractivity contribution in [1.82, 2.24) is 4.98 Å². The fraction of sp³-hybridized carbons (Fsp3) is 0.353. The van der Waals surface area contributed by atoms with Gasteiger partial charge < -0.3 is 9.80 Å². The Kier molecular flexibility index (Phi) is 4.86. The maximum absolute atomic E-state index is 6.06. The second-order valence-electron chi connectivity index (χ2n) is 5.84. The van der Waals surface area contributed by atoms with Gasteiger partial charge in [-0.1, -0.05) is 23.7 Å². The molecule has 21 heavy (non-hydrogen) atoms. The molecule has 0 radical (unpaired) electrons. The SMILES string of the molecule is Clc1cccc(C[NH+]2CC[NH+](Cc3ccncc3)CC2)c1. The largest absolute Gasteiger partial charge is 0.322 e. The van der Waals surface area contributed by atoms with Gasteiger partial charge >= 0.3 is 0 Å². The third-order valence-electron chi connectivity index (χ3n) is 4.21. The Morgan fingerprint density at radius 3 is 2.10 bits per heavy atom. The number of hydrogen-bond acceptors (Lipinski definition) is 1. The number of rotatable bonds is 4. The maximum atomic E-state index is 6.06. The first-order valence-corrected chi connectivity index (χ1v) is 7.98. The zero-order valence-corrected chi connectivity index (χ0v) is 12.9. The maximum Gasteiger partial charge on any atom is 0.127 e. The van der Waals surface area contributed by atoms with Crippen LogP contribution in [0.5, 0.6) is 0 Å². The van der Waals surface area contributed by atoms with E-state index < -0.39 is 0 Å². The minimum absolute atomic E-state index is 0.842. The lowest BCUT2D eigenvalue weighted by atomic mass is 10.2. The van der Waals surface area contributed by atoms with E-state index in [-0.39, 0.29) is 0 Å². The molecule has 0 amide bonds. The quantitative estimate of drug-likeness (QED) is 0.829. The van der Waals surface area contributed by atoms with Crippen LogP contribution in [0.2, 0.25) is 5.02 Å². The summed E-state index contributed by atoms with van der Waals surface area (Å²) in [7, 11) is 0. The van der Waals surface area contributed by atoms with E-state index in [0.29, 0.717) is 0 Å². The molecular formula is C17H22ClN3+2. The van der Waals surface area contributed by atoms with Crippen molar-refractivity contribution in [3.8, 4) is 0 Å². The average Bonchev–Trinajstić information content (AvgIpc) is 2.50. The second kappa shape index (κ2) is 7.03. The van der Waals surface area contributed by atoms with Crippen LogP contribution in [0.15, 0.2) is 48.8 Å². The topological polar surface area (TPSA) is 21.8 Å². The van der Waals surface area contributed by atoms with Gasteiger partial charge in [-0.2, -0.15) is 0 Å². The minimum Gasteiger partial charge on any atom is -0.322 e. The van der Waals surface area contributed by atoms with Gasteiger partial charge in [-0.05, 0) is 24.3 Å². The van der Waals surface area contributed by atoms with Crippen molar-refractivity contribution in [2.45, 2.75) is 13.1 Å². The summed E-state index contributed by atoms with van der Waals surface area (Å²) in [6, 6.07) is 12.5. The van der Waals surface area contributed by atoms with E-state index >= 15 is 0 Å². The molecule has 0 spiro atoms. The predicted molar refractivity (Wildman–Crippen MR) is 84.5 cm³/mol. The number of pyridine rings is 1. The molecule has 0 atom stereocenters. The summed E-state index contributed by atoms with van der Waals surface area (Å²) in [4.78, 5) is 7.42. The summed E-state index contributed by atoms with van der Waals surface area (Å²) in [5.41, 5.74) is 2.73. The van der Waals surface area contributed by atoms with Crippen LogP contribution < -0.4 is 9.80 Å². The van der Waals surface area contributed by atoms with E-state index in [1.165, 1.54) is 37.3 Å². The summed E-state index contributed by atoms with van der Waals surface area (Å²) in [5.74, 6) is 0. The number of nitrogens with zero attached hydrogens (tertiary/aromatic N) is 1. The molecule has 1 aliphatic heterocycles. The summed E-state index contributed by atoms with van der Waals surface area (Å²) in [6.07, 6.45) is 3.77. The van der Waals surface area contributed by atoms with Gasteiger partial charge in [0.2, 0.25) is 0 Å². The van der Waals surface area contributed by atoms with Gasteiger partial charge in [0.1, 0.15) is 39.3 Å². The van der Waals surface area contributed by atoms with Crippen LogP contribution in [-0.2, 0) is 13.1 Å². The van der Waals surface area contributed by atoms with Crippen molar-refractivity contribution in [2.75, 3.05) is 26.2 Å². The lowest BCUT2D eigenvalue weighted by molar-refractivity contribution is -1.02. The summed E-state index contributed by atoms with van der Waals surface area (Å²) in [5, 5.41) is 0.842. The fourth-order valence-electron chi connectivity index (χ4n) is 3.04. The van der Waals surface area contributed by atoms with Crippen molar-refractivity contribution in [3.63, 3.8) is 0 Å². The lowest BCUT2D eigenvalue weighted by Crippen LogP contribution is -3.27. The highest BCUT2D eigenvalue weighted by molar-refractivity contribution is 6.30. The number of piperazine rings is 1. The molecule has 1 aliphatic rings. The fourth-order valence-corrected chi connectivity index (χ4v) is 3.25. The molecule has 1 aromatic carbocycles. The summed E-state index contributed by atoms with van der Waals surface area (Å²) < 4.78 is 0. The molecule has 0 bridgehead atoms. The van der Waals surface area contributed by atoms with Crippen molar-refractivity contribution < 1.29 is 9.80 Å². The molecule has 0 aliphatic carbocycles. The first kappa shape index (κ1) is 14.5. The smallest absolute Gasteiger partial charge is 0.127 e. The molecule has 1 saturated heterocycles. The molecular weight excluding hydrogens is 282 g/mol. The molecule has 3 nitrogen and oxygen atoms in total.